The van der Waals surface area contributed by atoms with Crippen LogP contribution < -0.4 is 0 Å². The van der Waals surface area contributed by atoms with Gasteiger partial charge < -0.3 is 9.66 Å². The second-order valence-corrected chi connectivity index (χ2v) is 4.29. The summed E-state index contributed by atoms with van der Waals surface area (Å²) < 4.78 is 20.1. The molecule has 0 radical (unpaired) electrons. The number of hydrogen-bond acceptors (Lipinski definition) is 4. The Bertz CT molecular complexity index is 108. The Balaban J connectivity index is 2.85. The van der Waals surface area contributed by atoms with Crippen LogP contribution in [-0.4, -0.2) is 37.7 Å². The van der Waals surface area contributed by atoms with Gasteiger partial charge in [0.25, 0.3) is 0 Å². The first-order valence-electron chi connectivity index (χ1n) is 3.52. The standard InChI is InChI=1S/C6H14O3S2/c7-3-1-4-10-5-2-6-11(8)9/h7H,1-6H2,(H,8,9)/p-1. The number of aliphatic hydroxyl groups excluding tert-OH is 1. The summed E-state index contributed by atoms with van der Waals surface area (Å²) in [6, 6.07) is 0. The van der Waals surface area contributed by atoms with Crippen molar-refractivity contribution in [2.24, 2.45) is 0 Å². The fraction of sp³-hybridized carbons (Fsp3) is 1.00. The van der Waals surface area contributed by atoms with Gasteiger partial charge in [0, 0.05) is 12.4 Å². The Morgan fingerprint density at radius 3 is 2.55 bits per heavy atom. The van der Waals surface area contributed by atoms with E-state index in [0.29, 0.717) is 6.42 Å². The molecule has 5 heteroatoms. The van der Waals surface area contributed by atoms with E-state index < -0.39 is 11.1 Å². The molecule has 0 aromatic heterocycles. The molecule has 0 spiro atoms. The van der Waals surface area contributed by atoms with Gasteiger partial charge in [0.1, 0.15) is 0 Å². The molecule has 1 unspecified atom stereocenters. The molecule has 3 nitrogen and oxygen atoms in total. The van der Waals surface area contributed by atoms with Crippen molar-refractivity contribution in [1.29, 1.82) is 0 Å². The maximum atomic E-state index is 10.0. The summed E-state index contributed by atoms with van der Waals surface area (Å²) in [5.74, 6) is 2.04. The zero-order chi connectivity index (χ0) is 8.53. The Morgan fingerprint density at radius 1 is 1.36 bits per heavy atom. The number of rotatable bonds is 7. The second kappa shape index (κ2) is 8.52. The van der Waals surface area contributed by atoms with Gasteiger partial charge in [0.2, 0.25) is 0 Å². The zero-order valence-corrected chi connectivity index (χ0v) is 7.96. The molecule has 1 N–H and O–H groups in total. The maximum Gasteiger partial charge on any atom is 0.0438 e. The molecule has 0 heterocycles. The summed E-state index contributed by atoms with van der Waals surface area (Å²) in [6.07, 6.45) is 1.51. The van der Waals surface area contributed by atoms with Gasteiger partial charge in [-0.15, -0.1) is 0 Å². The first kappa shape index (κ1) is 11.4. The molecule has 0 aliphatic rings. The van der Waals surface area contributed by atoms with Gasteiger partial charge in [-0.25, -0.2) is 0 Å². The molecular weight excluding hydrogens is 184 g/mol. The molecule has 0 aliphatic heterocycles. The van der Waals surface area contributed by atoms with E-state index in [4.69, 9.17) is 5.11 Å². The highest BCUT2D eigenvalue weighted by Gasteiger charge is 1.89. The van der Waals surface area contributed by atoms with Crippen LogP contribution in [0.25, 0.3) is 0 Å². The molecule has 0 fully saturated rings. The van der Waals surface area contributed by atoms with Crippen LogP contribution in [0.5, 0.6) is 0 Å². The predicted molar refractivity (Wildman–Crippen MR) is 47.4 cm³/mol. The van der Waals surface area contributed by atoms with Crippen LogP contribution in [0.3, 0.4) is 0 Å². The van der Waals surface area contributed by atoms with Crippen LogP contribution in [0.15, 0.2) is 0 Å². The quantitative estimate of drug-likeness (QED) is 0.473. The van der Waals surface area contributed by atoms with E-state index in [-0.39, 0.29) is 12.4 Å². The van der Waals surface area contributed by atoms with Crippen molar-refractivity contribution >= 4 is 22.8 Å². The number of aliphatic hydroxyl groups is 1. The van der Waals surface area contributed by atoms with Gasteiger partial charge in [-0.05, 0) is 24.3 Å². The lowest BCUT2D eigenvalue weighted by molar-refractivity contribution is 0.296. The topological polar surface area (TPSA) is 60.4 Å². The van der Waals surface area contributed by atoms with E-state index >= 15 is 0 Å². The Morgan fingerprint density at radius 2 is 2.00 bits per heavy atom. The third kappa shape index (κ3) is 10.4. The van der Waals surface area contributed by atoms with E-state index in [1.807, 2.05) is 0 Å². The van der Waals surface area contributed by atoms with E-state index in [0.717, 1.165) is 17.9 Å². The Kier molecular flexibility index (Phi) is 8.84. The molecule has 0 amide bonds. The van der Waals surface area contributed by atoms with Crippen LogP contribution in [0.4, 0.5) is 0 Å². The first-order chi connectivity index (χ1) is 5.27. The maximum absolute atomic E-state index is 10.0. The number of thioether (sulfide) groups is 1. The van der Waals surface area contributed by atoms with Crippen molar-refractivity contribution in [3.63, 3.8) is 0 Å². The van der Waals surface area contributed by atoms with Gasteiger partial charge in [0.05, 0.1) is 0 Å². The smallest absolute Gasteiger partial charge is 0.0438 e. The summed E-state index contributed by atoms with van der Waals surface area (Å²) in [5, 5.41) is 8.40. The van der Waals surface area contributed by atoms with Crippen molar-refractivity contribution in [1.82, 2.24) is 0 Å². The molecule has 0 bridgehead atoms. The van der Waals surface area contributed by atoms with E-state index in [2.05, 4.69) is 0 Å². The fourth-order valence-corrected chi connectivity index (χ4v) is 2.00. The van der Waals surface area contributed by atoms with E-state index in [1.165, 1.54) is 0 Å². The molecule has 0 aliphatic carbocycles. The highest BCUT2D eigenvalue weighted by atomic mass is 32.2. The third-order valence-electron chi connectivity index (χ3n) is 1.05. The van der Waals surface area contributed by atoms with Crippen LogP contribution in [0.2, 0.25) is 0 Å². The van der Waals surface area contributed by atoms with Gasteiger partial charge in [-0.3, -0.25) is 4.21 Å². The van der Waals surface area contributed by atoms with Gasteiger partial charge in [0.15, 0.2) is 0 Å². The van der Waals surface area contributed by atoms with Gasteiger partial charge in [-0.2, -0.15) is 11.8 Å². The predicted octanol–water partition coefficient (Wildman–Crippen LogP) is 0.371. The summed E-state index contributed by atoms with van der Waals surface area (Å²) >= 11 is -0.199. The average molecular weight is 197 g/mol. The van der Waals surface area contributed by atoms with E-state index in [1.54, 1.807) is 11.8 Å². The average Bonchev–Trinajstić information content (AvgIpc) is 1.96. The normalized spacial score (nSPS) is 13.3. The van der Waals surface area contributed by atoms with E-state index in [9.17, 15) is 8.76 Å². The molecule has 0 rings (SSSR count). The second-order valence-electron chi connectivity index (χ2n) is 2.05. The van der Waals surface area contributed by atoms with Crippen molar-refractivity contribution in [2.75, 3.05) is 23.9 Å². The SMILES string of the molecule is O=S([O-])CCCSCCCO. The summed E-state index contributed by atoms with van der Waals surface area (Å²) in [5.41, 5.74) is 0. The molecular formula is C6H13O3S2-. The zero-order valence-electron chi connectivity index (χ0n) is 6.32. The highest BCUT2D eigenvalue weighted by molar-refractivity contribution is 7.99. The summed E-state index contributed by atoms with van der Waals surface area (Å²) in [4.78, 5) is 0. The summed E-state index contributed by atoms with van der Waals surface area (Å²) in [7, 11) is 0. The molecule has 0 saturated heterocycles. The Labute approximate surface area is 73.9 Å². The number of hydrogen-bond donors (Lipinski definition) is 1. The minimum atomic E-state index is -1.89. The largest absolute Gasteiger partial charge is 0.772 e. The molecule has 68 valence electrons. The molecule has 0 aromatic carbocycles. The third-order valence-corrected chi connectivity index (χ3v) is 2.82. The van der Waals surface area contributed by atoms with Crippen LogP contribution in [-0.2, 0) is 11.1 Å². The lowest BCUT2D eigenvalue weighted by Crippen LogP contribution is -1.97. The fourth-order valence-electron chi connectivity index (χ4n) is 0.548. The lowest BCUT2D eigenvalue weighted by Gasteiger charge is -2.03. The highest BCUT2D eigenvalue weighted by Crippen LogP contribution is 2.03. The molecule has 11 heavy (non-hydrogen) atoms. The molecule has 1 atom stereocenters. The van der Waals surface area contributed by atoms with Crippen molar-refractivity contribution < 1.29 is 13.9 Å². The minimum absolute atomic E-state index is 0.223. The van der Waals surface area contributed by atoms with Gasteiger partial charge in [-0.1, -0.05) is 11.1 Å². The summed E-state index contributed by atoms with van der Waals surface area (Å²) in [6.45, 7) is 0.223. The van der Waals surface area contributed by atoms with Crippen molar-refractivity contribution in [2.45, 2.75) is 12.8 Å². The minimum Gasteiger partial charge on any atom is -0.772 e. The van der Waals surface area contributed by atoms with Crippen LogP contribution in [0.1, 0.15) is 12.8 Å². The first-order valence-corrected chi connectivity index (χ1v) is 5.91. The van der Waals surface area contributed by atoms with Crippen LogP contribution >= 0.6 is 11.8 Å². The van der Waals surface area contributed by atoms with Crippen molar-refractivity contribution in [3.8, 4) is 0 Å². The molecule has 0 aromatic rings. The van der Waals surface area contributed by atoms with Gasteiger partial charge >= 0.3 is 0 Å². The monoisotopic (exact) mass is 197 g/mol. The lowest BCUT2D eigenvalue weighted by atomic mass is 10.5. The van der Waals surface area contributed by atoms with Crippen molar-refractivity contribution in [3.05, 3.63) is 0 Å². The molecule has 0 saturated carbocycles. The van der Waals surface area contributed by atoms with Crippen LogP contribution in [0, 0.1) is 0 Å². The Hall–Kier alpha value is 0.420.